The number of rotatable bonds is 4. The number of H-pyrrole nitrogens is 1. The largest absolute Gasteiger partial charge is 0.383 e. The van der Waals surface area contributed by atoms with Crippen LogP contribution in [0, 0.1) is 0 Å². The van der Waals surface area contributed by atoms with E-state index in [1.54, 1.807) is 12.4 Å². The van der Waals surface area contributed by atoms with Crippen LogP contribution in [0.4, 0.5) is 5.69 Å². The van der Waals surface area contributed by atoms with Crippen molar-refractivity contribution in [2.45, 2.75) is 6.04 Å². The van der Waals surface area contributed by atoms with E-state index in [0.717, 1.165) is 5.52 Å². The van der Waals surface area contributed by atoms with E-state index in [9.17, 15) is 4.79 Å². The molecule has 1 atom stereocenters. The highest BCUT2D eigenvalue weighted by Crippen LogP contribution is 2.19. The summed E-state index contributed by atoms with van der Waals surface area (Å²) in [5.41, 5.74) is 7.85. The minimum atomic E-state index is -0.686. The standard InChI is InChI=1S/C11H14N4O2.2ClH/c1-17-5-7(12)11(16)15-9-4-2-3-8-10(9)14-6-13-8;;/h2-4,6-7H,5,12H2,1H3,(H,13,14)(H,15,16);2*1H. The van der Waals surface area contributed by atoms with Gasteiger partial charge in [0.2, 0.25) is 5.91 Å². The predicted molar refractivity (Wildman–Crippen MR) is 79.1 cm³/mol. The van der Waals surface area contributed by atoms with Gasteiger partial charge in [0.25, 0.3) is 0 Å². The van der Waals surface area contributed by atoms with Gasteiger partial charge in [0, 0.05) is 7.11 Å². The molecule has 2 rings (SSSR count). The normalized spacial score (nSPS) is 11.3. The zero-order chi connectivity index (χ0) is 12.3. The molecule has 0 bridgehead atoms. The van der Waals surface area contributed by atoms with Crippen LogP contribution in [0.15, 0.2) is 24.5 Å². The third-order valence-electron chi connectivity index (χ3n) is 2.39. The number of ether oxygens (including phenoxy) is 1. The molecule has 106 valence electrons. The lowest BCUT2D eigenvalue weighted by Gasteiger charge is -2.11. The molecule has 0 saturated heterocycles. The fourth-order valence-corrected chi connectivity index (χ4v) is 1.55. The SMILES string of the molecule is COCC(N)C(=O)Nc1cccc2[nH]cnc12.Cl.Cl. The molecule has 0 spiro atoms. The van der Waals surface area contributed by atoms with Gasteiger partial charge in [0.1, 0.15) is 11.6 Å². The van der Waals surface area contributed by atoms with Crippen molar-refractivity contribution in [1.82, 2.24) is 9.97 Å². The Bertz CT molecular complexity index is 532. The third kappa shape index (κ3) is 4.07. The van der Waals surface area contributed by atoms with Gasteiger partial charge in [-0.1, -0.05) is 6.07 Å². The first-order valence-corrected chi connectivity index (χ1v) is 5.20. The Morgan fingerprint density at radius 2 is 2.26 bits per heavy atom. The smallest absolute Gasteiger partial charge is 0.243 e. The molecular weight excluding hydrogens is 291 g/mol. The Hall–Kier alpha value is -1.34. The Morgan fingerprint density at radius 1 is 1.53 bits per heavy atom. The van der Waals surface area contributed by atoms with Gasteiger partial charge < -0.3 is 20.8 Å². The number of aromatic amines is 1. The van der Waals surface area contributed by atoms with E-state index in [0.29, 0.717) is 11.2 Å². The number of anilines is 1. The number of halogens is 2. The van der Waals surface area contributed by atoms with Gasteiger partial charge in [0.15, 0.2) is 0 Å². The number of para-hydroxylation sites is 1. The van der Waals surface area contributed by atoms with Crippen molar-refractivity contribution in [2.24, 2.45) is 5.73 Å². The molecule has 1 unspecified atom stereocenters. The second kappa shape index (κ2) is 7.96. The molecule has 0 aliphatic rings. The maximum Gasteiger partial charge on any atom is 0.243 e. The minimum Gasteiger partial charge on any atom is -0.383 e. The maximum atomic E-state index is 11.7. The minimum absolute atomic E-state index is 0. The van der Waals surface area contributed by atoms with Crippen LogP contribution in [0.5, 0.6) is 0 Å². The van der Waals surface area contributed by atoms with E-state index in [1.165, 1.54) is 7.11 Å². The molecule has 0 fully saturated rings. The Balaban J connectivity index is 0.00000162. The Morgan fingerprint density at radius 3 is 2.95 bits per heavy atom. The van der Waals surface area contributed by atoms with E-state index in [-0.39, 0.29) is 37.3 Å². The van der Waals surface area contributed by atoms with Crippen LogP contribution in [0.2, 0.25) is 0 Å². The number of nitrogens with zero attached hydrogens (tertiary/aromatic N) is 1. The number of aromatic nitrogens is 2. The summed E-state index contributed by atoms with van der Waals surface area (Å²) in [6.45, 7) is 0.183. The van der Waals surface area contributed by atoms with Gasteiger partial charge in [-0.2, -0.15) is 0 Å². The topological polar surface area (TPSA) is 93.0 Å². The average Bonchev–Trinajstić information content (AvgIpc) is 2.78. The summed E-state index contributed by atoms with van der Waals surface area (Å²) < 4.78 is 4.83. The van der Waals surface area contributed by atoms with E-state index in [4.69, 9.17) is 10.5 Å². The molecule has 1 amide bonds. The number of imidazole rings is 1. The van der Waals surface area contributed by atoms with Crippen molar-refractivity contribution in [3.63, 3.8) is 0 Å². The fourth-order valence-electron chi connectivity index (χ4n) is 1.55. The lowest BCUT2D eigenvalue weighted by atomic mass is 10.2. The highest BCUT2D eigenvalue weighted by atomic mass is 35.5. The van der Waals surface area contributed by atoms with E-state index in [1.807, 2.05) is 12.1 Å². The van der Waals surface area contributed by atoms with Crippen LogP contribution in [0.25, 0.3) is 11.0 Å². The van der Waals surface area contributed by atoms with Gasteiger partial charge in [0.05, 0.1) is 24.1 Å². The fraction of sp³-hybridized carbons (Fsp3) is 0.273. The van der Waals surface area contributed by atoms with E-state index < -0.39 is 6.04 Å². The zero-order valence-corrected chi connectivity index (χ0v) is 11.9. The van der Waals surface area contributed by atoms with Gasteiger partial charge in [-0.05, 0) is 12.1 Å². The molecule has 2 aromatic rings. The van der Waals surface area contributed by atoms with Crippen molar-refractivity contribution >= 4 is 47.4 Å². The molecule has 19 heavy (non-hydrogen) atoms. The summed E-state index contributed by atoms with van der Waals surface area (Å²) in [6.07, 6.45) is 1.58. The van der Waals surface area contributed by atoms with Gasteiger partial charge in [-0.25, -0.2) is 4.98 Å². The molecule has 1 aromatic heterocycles. The number of hydrogen-bond donors (Lipinski definition) is 3. The molecule has 6 nitrogen and oxygen atoms in total. The van der Waals surface area contributed by atoms with E-state index in [2.05, 4.69) is 15.3 Å². The molecule has 4 N–H and O–H groups in total. The molecular formula is C11H16Cl2N4O2. The van der Waals surface area contributed by atoms with Gasteiger partial charge in [-0.3, -0.25) is 4.79 Å². The second-order valence-electron chi connectivity index (χ2n) is 3.66. The molecule has 1 aromatic carbocycles. The predicted octanol–water partition coefficient (Wildman–Crippen LogP) is 1.32. The van der Waals surface area contributed by atoms with Crippen molar-refractivity contribution in [3.05, 3.63) is 24.5 Å². The lowest BCUT2D eigenvalue weighted by molar-refractivity contribution is -0.118. The Labute approximate surface area is 122 Å². The van der Waals surface area contributed by atoms with Crippen molar-refractivity contribution in [3.8, 4) is 0 Å². The number of hydrogen-bond acceptors (Lipinski definition) is 4. The number of nitrogens with one attached hydrogen (secondary N) is 2. The number of carbonyl (C=O) groups is 1. The highest BCUT2D eigenvalue weighted by Gasteiger charge is 2.14. The quantitative estimate of drug-likeness (QED) is 0.794. The van der Waals surface area contributed by atoms with Gasteiger partial charge >= 0.3 is 0 Å². The molecule has 8 heteroatoms. The summed E-state index contributed by atoms with van der Waals surface area (Å²) in [5, 5.41) is 2.73. The van der Waals surface area contributed by atoms with Crippen LogP contribution in [-0.2, 0) is 9.53 Å². The summed E-state index contributed by atoms with van der Waals surface area (Å²) in [7, 11) is 1.50. The van der Waals surface area contributed by atoms with Crippen LogP contribution < -0.4 is 11.1 Å². The van der Waals surface area contributed by atoms with Crippen LogP contribution in [0.3, 0.4) is 0 Å². The molecule has 0 aliphatic carbocycles. The monoisotopic (exact) mass is 306 g/mol. The number of nitrogens with two attached hydrogens (primary N) is 1. The number of benzene rings is 1. The first kappa shape index (κ1) is 17.7. The van der Waals surface area contributed by atoms with Crippen molar-refractivity contribution in [2.75, 3.05) is 19.0 Å². The van der Waals surface area contributed by atoms with Crippen molar-refractivity contribution in [1.29, 1.82) is 0 Å². The summed E-state index contributed by atoms with van der Waals surface area (Å²) in [5.74, 6) is -0.289. The van der Waals surface area contributed by atoms with Crippen LogP contribution in [-0.4, -0.2) is 35.6 Å². The summed E-state index contributed by atoms with van der Waals surface area (Å²) >= 11 is 0. The lowest BCUT2D eigenvalue weighted by Crippen LogP contribution is -2.39. The van der Waals surface area contributed by atoms with Crippen LogP contribution >= 0.6 is 24.8 Å². The second-order valence-corrected chi connectivity index (χ2v) is 3.66. The maximum absolute atomic E-state index is 11.7. The first-order chi connectivity index (χ1) is 8.22. The number of methoxy groups -OCH3 is 1. The average molecular weight is 307 g/mol. The summed E-state index contributed by atoms with van der Waals surface area (Å²) in [4.78, 5) is 18.8. The molecule has 0 radical (unpaired) electrons. The number of carbonyl (C=O) groups excluding carboxylic acids is 1. The number of amides is 1. The zero-order valence-electron chi connectivity index (χ0n) is 10.3. The highest BCUT2D eigenvalue weighted by molar-refractivity contribution is 6.01. The molecule has 0 saturated carbocycles. The molecule has 0 aliphatic heterocycles. The Kier molecular flexibility index (Phi) is 7.40. The van der Waals surface area contributed by atoms with Gasteiger partial charge in [-0.15, -0.1) is 24.8 Å². The third-order valence-corrected chi connectivity index (χ3v) is 2.39. The van der Waals surface area contributed by atoms with E-state index >= 15 is 0 Å². The number of fused-ring (bicyclic) bond motifs is 1. The molecule has 1 heterocycles. The first-order valence-electron chi connectivity index (χ1n) is 5.20. The van der Waals surface area contributed by atoms with Crippen molar-refractivity contribution < 1.29 is 9.53 Å². The van der Waals surface area contributed by atoms with Crippen LogP contribution in [0.1, 0.15) is 0 Å². The summed E-state index contributed by atoms with van der Waals surface area (Å²) in [6, 6.07) is 4.81.